The Morgan fingerprint density at radius 1 is 1.35 bits per heavy atom. The van der Waals surface area contributed by atoms with Crippen molar-refractivity contribution < 1.29 is 22.7 Å². The molecule has 0 saturated carbocycles. The van der Waals surface area contributed by atoms with Crippen LogP contribution in [0, 0.1) is 0 Å². The Morgan fingerprint density at radius 3 is 2.47 bits per heavy atom. The molecule has 8 heteroatoms. The zero-order chi connectivity index (χ0) is 13.1. The minimum Gasteiger partial charge on any atom is -0.495 e. The molecule has 1 rings (SSSR count). The number of anilines is 1. The Labute approximate surface area is 103 Å². The molecule has 0 aromatic heterocycles. The number of rotatable bonds is 3. The van der Waals surface area contributed by atoms with Gasteiger partial charge in [-0.1, -0.05) is 0 Å². The van der Waals surface area contributed by atoms with E-state index in [-0.39, 0.29) is 10.6 Å². The lowest BCUT2D eigenvalue weighted by Gasteiger charge is -2.10. The first-order valence-corrected chi connectivity index (χ1v) is 6.67. The standard InChI is InChI=1S/C9H10ClNO5S/c1-15-8-4-3-6(17(10,13)14)5-7(8)11-9(12)16-2/h3-5H,1-2H3,(H,11,12). The van der Waals surface area contributed by atoms with Crippen LogP contribution in [0.2, 0.25) is 0 Å². The Bertz CT molecular complexity index is 528. The van der Waals surface area contributed by atoms with Gasteiger partial charge in [-0.15, -0.1) is 0 Å². The summed E-state index contributed by atoms with van der Waals surface area (Å²) in [5.41, 5.74) is 0.154. The molecule has 1 N–H and O–H groups in total. The molecular weight excluding hydrogens is 270 g/mol. The van der Waals surface area contributed by atoms with Crippen molar-refractivity contribution in [2.75, 3.05) is 19.5 Å². The Kier molecular flexibility index (Phi) is 4.19. The minimum atomic E-state index is -3.87. The number of carbonyl (C=O) groups excluding carboxylic acids is 1. The number of halogens is 1. The lowest BCUT2D eigenvalue weighted by atomic mass is 10.3. The fraction of sp³-hybridized carbons (Fsp3) is 0.222. The van der Waals surface area contributed by atoms with Crippen LogP contribution in [0.1, 0.15) is 0 Å². The van der Waals surface area contributed by atoms with Crippen molar-refractivity contribution in [2.45, 2.75) is 4.90 Å². The van der Waals surface area contributed by atoms with Crippen LogP contribution in [0.15, 0.2) is 23.1 Å². The van der Waals surface area contributed by atoms with Crippen molar-refractivity contribution in [1.82, 2.24) is 0 Å². The van der Waals surface area contributed by atoms with Crippen molar-refractivity contribution in [1.29, 1.82) is 0 Å². The maximum atomic E-state index is 11.1. The van der Waals surface area contributed by atoms with Crippen LogP contribution < -0.4 is 10.1 Å². The molecule has 94 valence electrons. The van der Waals surface area contributed by atoms with Gasteiger partial charge in [-0.05, 0) is 18.2 Å². The molecule has 0 aliphatic carbocycles. The second-order valence-corrected chi connectivity index (χ2v) is 5.48. The highest BCUT2D eigenvalue weighted by molar-refractivity contribution is 8.13. The van der Waals surface area contributed by atoms with Crippen LogP contribution in [0.5, 0.6) is 5.75 Å². The average Bonchev–Trinajstić information content (AvgIpc) is 2.27. The van der Waals surface area contributed by atoms with E-state index in [9.17, 15) is 13.2 Å². The summed E-state index contributed by atoms with van der Waals surface area (Å²) < 4.78 is 31.6. The molecule has 0 unspecified atom stereocenters. The summed E-state index contributed by atoms with van der Waals surface area (Å²) >= 11 is 0. The molecule has 0 aliphatic heterocycles. The van der Waals surface area contributed by atoms with Crippen molar-refractivity contribution in [2.24, 2.45) is 0 Å². The average molecular weight is 280 g/mol. The molecule has 0 bridgehead atoms. The van der Waals surface area contributed by atoms with Gasteiger partial charge in [0.2, 0.25) is 0 Å². The quantitative estimate of drug-likeness (QED) is 0.853. The summed E-state index contributed by atoms with van der Waals surface area (Å²) in [7, 11) is 3.88. The van der Waals surface area contributed by atoms with Gasteiger partial charge < -0.3 is 9.47 Å². The van der Waals surface area contributed by atoms with Crippen LogP contribution in [0.4, 0.5) is 10.5 Å². The van der Waals surface area contributed by atoms with Gasteiger partial charge in [0.25, 0.3) is 9.05 Å². The number of carbonyl (C=O) groups is 1. The number of hydrogen-bond donors (Lipinski definition) is 1. The summed E-state index contributed by atoms with van der Waals surface area (Å²) in [6.07, 6.45) is -0.743. The number of methoxy groups -OCH3 is 2. The molecule has 0 heterocycles. The van der Waals surface area contributed by atoms with E-state index in [0.29, 0.717) is 5.75 Å². The molecule has 0 aliphatic rings. The summed E-state index contributed by atoms with van der Waals surface area (Å²) in [5, 5.41) is 2.31. The second kappa shape index (κ2) is 5.24. The molecular formula is C9H10ClNO5S. The molecule has 17 heavy (non-hydrogen) atoms. The molecule has 0 fully saturated rings. The van der Waals surface area contributed by atoms with E-state index in [0.717, 1.165) is 0 Å². The van der Waals surface area contributed by atoms with Gasteiger partial charge in [-0.25, -0.2) is 13.2 Å². The number of benzene rings is 1. The van der Waals surface area contributed by atoms with Gasteiger partial charge in [0, 0.05) is 10.7 Å². The molecule has 1 aromatic carbocycles. The third-order valence-electron chi connectivity index (χ3n) is 1.87. The number of hydrogen-bond acceptors (Lipinski definition) is 5. The second-order valence-electron chi connectivity index (χ2n) is 2.92. The van der Waals surface area contributed by atoms with Crippen LogP contribution >= 0.6 is 10.7 Å². The first-order chi connectivity index (χ1) is 7.88. The Hall–Kier alpha value is -1.47. The monoisotopic (exact) mass is 279 g/mol. The molecule has 6 nitrogen and oxygen atoms in total. The van der Waals surface area contributed by atoms with Crippen molar-refractivity contribution in [3.63, 3.8) is 0 Å². The van der Waals surface area contributed by atoms with Crippen LogP contribution in [0.3, 0.4) is 0 Å². The molecule has 0 atom stereocenters. The Balaban J connectivity index is 3.20. The van der Waals surface area contributed by atoms with E-state index in [1.54, 1.807) is 0 Å². The van der Waals surface area contributed by atoms with Gasteiger partial charge >= 0.3 is 6.09 Å². The maximum absolute atomic E-state index is 11.1. The molecule has 0 spiro atoms. The number of amides is 1. The molecule has 0 radical (unpaired) electrons. The van der Waals surface area contributed by atoms with Gasteiger partial charge in [0.1, 0.15) is 5.75 Å². The van der Waals surface area contributed by atoms with E-state index in [1.807, 2.05) is 0 Å². The summed E-state index contributed by atoms with van der Waals surface area (Å²) in [5.74, 6) is 0.291. The van der Waals surface area contributed by atoms with Gasteiger partial charge in [0.15, 0.2) is 0 Å². The van der Waals surface area contributed by atoms with Crippen molar-refractivity contribution in [3.05, 3.63) is 18.2 Å². The van der Waals surface area contributed by atoms with Crippen LogP contribution in [0.25, 0.3) is 0 Å². The van der Waals surface area contributed by atoms with Crippen LogP contribution in [-0.4, -0.2) is 28.7 Å². The summed E-state index contributed by atoms with van der Waals surface area (Å²) in [6, 6.07) is 3.82. The van der Waals surface area contributed by atoms with E-state index in [2.05, 4.69) is 10.1 Å². The molecule has 1 aromatic rings. The highest BCUT2D eigenvalue weighted by Gasteiger charge is 2.15. The lowest BCUT2D eigenvalue weighted by molar-refractivity contribution is 0.187. The third-order valence-corrected chi connectivity index (χ3v) is 3.23. The maximum Gasteiger partial charge on any atom is 0.411 e. The lowest BCUT2D eigenvalue weighted by Crippen LogP contribution is -2.12. The zero-order valence-corrected chi connectivity index (χ0v) is 10.6. The largest absolute Gasteiger partial charge is 0.495 e. The minimum absolute atomic E-state index is 0.147. The smallest absolute Gasteiger partial charge is 0.411 e. The van der Waals surface area contributed by atoms with Crippen molar-refractivity contribution >= 4 is 31.5 Å². The third kappa shape index (κ3) is 3.50. The first-order valence-electron chi connectivity index (χ1n) is 4.36. The fourth-order valence-electron chi connectivity index (χ4n) is 1.10. The highest BCUT2D eigenvalue weighted by Crippen LogP contribution is 2.28. The zero-order valence-electron chi connectivity index (χ0n) is 9.06. The van der Waals surface area contributed by atoms with Crippen LogP contribution in [-0.2, 0) is 13.8 Å². The van der Waals surface area contributed by atoms with E-state index >= 15 is 0 Å². The van der Waals surface area contributed by atoms with Gasteiger partial charge in [-0.3, -0.25) is 5.32 Å². The first kappa shape index (κ1) is 13.6. The summed E-state index contributed by atoms with van der Waals surface area (Å²) in [4.78, 5) is 10.9. The normalized spacial score (nSPS) is 10.8. The number of nitrogens with one attached hydrogen (secondary N) is 1. The van der Waals surface area contributed by atoms with Crippen molar-refractivity contribution in [3.8, 4) is 5.75 Å². The predicted octanol–water partition coefficient (Wildman–Crippen LogP) is 1.80. The predicted molar refractivity (Wildman–Crippen MR) is 62.1 cm³/mol. The van der Waals surface area contributed by atoms with E-state index in [4.69, 9.17) is 15.4 Å². The number of ether oxygens (including phenoxy) is 2. The topological polar surface area (TPSA) is 81.7 Å². The Morgan fingerprint density at radius 2 is 2.00 bits per heavy atom. The highest BCUT2D eigenvalue weighted by atomic mass is 35.7. The SMILES string of the molecule is COC(=O)Nc1cc(S(=O)(=O)Cl)ccc1OC. The van der Waals surface area contributed by atoms with E-state index < -0.39 is 15.1 Å². The van der Waals surface area contributed by atoms with Gasteiger partial charge in [-0.2, -0.15) is 0 Å². The summed E-state index contributed by atoms with van der Waals surface area (Å²) in [6.45, 7) is 0. The van der Waals surface area contributed by atoms with Gasteiger partial charge in [0.05, 0.1) is 24.8 Å². The molecule has 1 amide bonds. The van der Waals surface area contributed by atoms with E-state index in [1.165, 1.54) is 32.4 Å². The fourth-order valence-corrected chi connectivity index (χ4v) is 1.87. The molecule has 0 saturated heterocycles.